The normalized spacial score (nSPS) is 16.3. The van der Waals surface area contributed by atoms with Crippen LogP contribution in [-0.2, 0) is 0 Å². The summed E-state index contributed by atoms with van der Waals surface area (Å²) in [4.78, 5) is 18.9. The first-order chi connectivity index (χ1) is 12.0. The third kappa shape index (κ3) is 3.09. The number of amidine groups is 1. The fourth-order valence-electron chi connectivity index (χ4n) is 2.40. The first kappa shape index (κ1) is 16.3. The summed E-state index contributed by atoms with van der Waals surface area (Å²) in [5, 5.41) is 21.2. The van der Waals surface area contributed by atoms with E-state index in [4.69, 9.17) is 5.73 Å². The molecule has 3 rings (SSSR count). The van der Waals surface area contributed by atoms with Crippen LogP contribution in [0, 0.1) is 10.1 Å². The summed E-state index contributed by atoms with van der Waals surface area (Å²) in [6, 6.07) is 6.05. The number of aliphatic imine (C=N–C) groups is 1. The fourth-order valence-corrected chi connectivity index (χ4v) is 2.40. The van der Waals surface area contributed by atoms with Gasteiger partial charge in [0.25, 0.3) is 5.69 Å². The zero-order valence-electron chi connectivity index (χ0n) is 13.7. The lowest BCUT2D eigenvalue weighted by Gasteiger charge is -2.27. The average Bonchev–Trinajstić information content (AvgIpc) is 3.15. The van der Waals surface area contributed by atoms with E-state index in [0.29, 0.717) is 35.2 Å². The van der Waals surface area contributed by atoms with E-state index in [1.165, 1.54) is 29.5 Å². The topological polar surface area (TPSA) is 128 Å². The smallest absolute Gasteiger partial charge is 0.269 e. The SMILES string of the molecule is CCN1N=C(c2ccc([N+](=O)[O-])cc2)N=C(n2cncn2)/C1=C(\C)N. The van der Waals surface area contributed by atoms with Crippen LogP contribution < -0.4 is 5.73 Å². The number of likely N-dealkylation sites (N-methyl/N-ethyl adjacent to an activating group) is 1. The third-order valence-electron chi connectivity index (χ3n) is 3.54. The van der Waals surface area contributed by atoms with Crippen molar-refractivity contribution in [2.45, 2.75) is 13.8 Å². The van der Waals surface area contributed by atoms with Gasteiger partial charge in [-0.1, -0.05) is 0 Å². The van der Waals surface area contributed by atoms with E-state index in [1.807, 2.05) is 6.92 Å². The van der Waals surface area contributed by atoms with Crippen molar-refractivity contribution in [3.63, 3.8) is 0 Å². The molecule has 0 atom stereocenters. The number of nitrogens with zero attached hydrogens (tertiary/aromatic N) is 7. The molecule has 1 aliphatic rings. The lowest BCUT2D eigenvalue weighted by molar-refractivity contribution is -0.384. The van der Waals surface area contributed by atoms with Crippen molar-refractivity contribution in [3.05, 3.63) is 64.0 Å². The molecule has 0 radical (unpaired) electrons. The van der Waals surface area contributed by atoms with Gasteiger partial charge in [0.15, 0.2) is 11.7 Å². The standard InChI is InChI=1S/C15H16N8O2/c1-3-21-13(10(2)16)15(22-9-17-8-18-22)19-14(20-21)11-4-6-12(7-5-11)23(24)25/h4-9H,3,16H2,1-2H3/b13-10-. The van der Waals surface area contributed by atoms with E-state index in [1.54, 1.807) is 24.1 Å². The lowest BCUT2D eigenvalue weighted by Crippen LogP contribution is -2.35. The molecule has 1 aromatic carbocycles. The number of allylic oxidation sites excluding steroid dienone is 2. The quantitative estimate of drug-likeness (QED) is 0.663. The summed E-state index contributed by atoms with van der Waals surface area (Å²) in [5.74, 6) is 0.898. The Morgan fingerprint density at radius 3 is 2.56 bits per heavy atom. The van der Waals surface area contributed by atoms with E-state index in [-0.39, 0.29) is 5.69 Å². The molecule has 1 aliphatic heterocycles. The zero-order chi connectivity index (χ0) is 18.0. The van der Waals surface area contributed by atoms with E-state index < -0.39 is 4.92 Å². The van der Waals surface area contributed by atoms with E-state index in [0.717, 1.165) is 0 Å². The van der Waals surface area contributed by atoms with Gasteiger partial charge in [-0.05, 0) is 26.0 Å². The van der Waals surface area contributed by atoms with Crippen LogP contribution in [0.4, 0.5) is 5.69 Å². The van der Waals surface area contributed by atoms with Crippen LogP contribution in [0.25, 0.3) is 0 Å². The maximum absolute atomic E-state index is 10.8. The molecule has 25 heavy (non-hydrogen) atoms. The molecule has 0 unspecified atom stereocenters. The Morgan fingerprint density at radius 2 is 2.04 bits per heavy atom. The van der Waals surface area contributed by atoms with E-state index in [2.05, 4.69) is 20.2 Å². The molecule has 128 valence electrons. The van der Waals surface area contributed by atoms with Crippen molar-refractivity contribution < 1.29 is 4.92 Å². The molecule has 0 fully saturated rings. The maximum atomic E-state index is 10.8. The Kier molecular flexibility index (Phi) is 4.25. The van der Waals surface area contributed by atoms with Gasteiger partial charge in [0.2, 0.25) is 0 Å². The second-order valence-electron chi connectivity index (χ2n) is 5.25. The van der Waals surface area contributed by atoms with Gasteiger partial charge in [-0.25, -0.2) is 14.7 Å². The van der Waals surface area contributed by atoms with Crippen LogP contribution >= 0.6 is 0 Å². The Balaban J connectivity index is 2.10. The Bertz CT molecular complexity index is 877. The molecular weight excluding hydrogens is 324 g/mol. The minimum absolute atomic E-state index is 0.00590. The summed E-state index contributed by atoms with van der Waals surface area (Å²) in [5.41, 5.74) is 7.85. The predicted octanol–water partition coefficient (Wildman–Crippen LogP) is 1.32. The third-order valence-corrected chi connectivity index (χ3v) is 3.54. The van der Waals surface area contributed by atoms with Crippen LogP contribution in [-0.4, -0.2) is 42.9 Å². The Labute approximate surface area is 143 Å². The van der Waals surface area contributed by atoms with Crippen molar-refractivity contribution in [1.82, 2.24) is 19.8 Å². The number of non-ortho nitro benzene ring substituents is 1. The number of hydrogen-bond acceptors (Lipinski definition) is 8. The van der Waals surface area contributed by atoms with E-state index in [9.17, 15) is 10.1 Å². The molecule has 0 spiro atoms. The predicted molar refractivity (Wildman–Crippen MR) is 91.8 cm³/mol. The molecule has 0 aliphatic carbocycles. The molecule has 0 amide bonds. The molecule has 0 bridgehead atoms. The number of benzene rings is 1. The number of hydrogen-bond donors (Lipinski definition) is 1. The molecule has 2 aromatic rings. The maximum Gasteiger partial charge on any atom is 0.269 e. The highest BCUT2D eigenvalue weighted by Gasteiger charge is 2.25. The number of rotatable bonds is 3. The molecule has 10 heteroatoms. The number of nitro benzene ring substituents is 1. The summed E-state index contributed by atoms with van der Waals surface area (Å²) in [7, 11) is 0. The molecular formula is C15H16N8O2. The Hall–Kier alpha value is -3.56. The van der Waals surface area contributed by atoms with Gasteiger partial charge in [0.1, 0.15) is 18.4 Å². The molecule has 1 aromatic heterocycles. The van der Waals surface area contributed by atoms with Gasteiger partial charge >= 0.3 is 0 Å². The first-order valence-corrected chi connectivity index (χ1v) is 7.52. The van der Waals surface area contributed by atoms with Gasteiger partial charge < -0.3 is 5.73 Å². The number of nitrogens with two attached hydrogens (primary N) is 1. The lowest BCUT2D eigenvalue weighted by atomic mass is 10.2. The first-order valence-electron chi connectivity index (χ1n) is 7.52. The van der Waals surface area contributed by atoms with Crippen molar-refractivity contribution in [2.24, 2.45) is 15.8 Å². The highest BCUT2D eigenvalue weighted by molar-refractivity contribution is 6.13. The molecule has 0 saturated heterocycles. The fraction of sp³-hybridized carbons (Fsp3) is 0.200. The molecule has 0 saturated carbocycles. The minimum atomic E-state index is -0.451. The van der Waals surface area contributed by atoms with Crippen LogP contribution in [0.3, 0.4) is 0 Å². The van der Waals surface area contributed by atoms with Crippen LogP contribution in [0.2, 0.25) is 0 Å². The monoisotopic (exact) mass is 340 g/mol. The number of nitro groups is 1. The minimum Gasteiger partial charge on any atom is -0.400 e. The summed E-state index contributed by atoms with van der Waals surface area (Å²) in [6.45, 7) is 4.26. The Morgan fingerprint density at radius 1 is 1.32 bits per heavy atom. The van der Waals surface area contributed by atoms with Crippen molar-refractivity contribution in [1.29, 1.82) is 0 Å². The van der Waals surface area contributed by atoms with Gasteiger partial charge in [0.05, 0.1) is 4.92 Å². The zero-order valence-corrected chi connectivity index (χ0v) is 13.7. The largest absolute Gasteiger partial charge is 0.400 e. The molecule has 2 heterocycles. The van der Waals surface area contributed by atoms with Crippen molar-refractivity contribution in [3.8, 4) is 0 Å². The van der Waals surface area contributed by atoms with Crippen LogP contribution in [0.1, 0.15) is 19.4 Å². The van der Waals surface area contributed by atoms with Gasteiger partial charge in [0, 0.05) is 29.9 Å². The second kappa shape index (κ2) is 6.51. The van der Waals surface area contributed by atoms with Crippen LogP contribution in [0.15, 0.2) is 58.4 Å². The average molecular weight is 340 g/mol. The summed E-state index contributed by atoms with van der Waals surface area (Å²) >= 11 is 0. The number of aromatic nitrogens is 3. The van der Waals surface area contributed by atoms with Gasteiger partial charge in [-0.2, -0.15) is 10.2 Å². The summed E-state index contributed by atoms with van der Waals surface area (Å²) < 4.78 is 1.51. The second-order valence-corrected chi connectivity index (χ2v) is 5.25. The van der Waals surface area contributed by atoms with Gasteiger partial charge in [-0.3, -0.25) is 15.1 Å². The molecule has 2 N–H and O–H groups in total. The summed E-state index contributed by atoms with van der Waals surface area (Å²) in [6.07, 6.45) is 2.92. The molecule has 10 nitrogen and oxygen atoms in total. The van der Waals surface area contributed by atoms with Gasteiger partial charge in [-0.15, -0.1) is 0 Å². The highest BCUT2D eigenvalue weighted by Crippen LogP contribution is 2.20. The number of hydrazone groups is 1. The van der Waals surface area contributed by atoms with Crippen molar-refractivity contribution in [2.75, 3.05) is 6.54 Å². The van der Waals surface area contributed by atoms with E-state index >= 15 is 0 Å². The van der Waals surface area contributed by atoms with Crippen LogP contribution in [0.5, 0.6) is 0 Å². The highest BCUT2D eigenvalue weighted by atomic mass is 16.6. The van der Waals surface area contributed by atoms with Crippen molar-refractivity contribution >= 4 is 17.4 Å².